The molecule has 0 saturated carbocycles. The van der Waals surface area contributed by atoms with Crippen LogP contribution in [0, 0.1) is 5.92 Å². The fourth-order valence-corrected chi connectivity index (χ4v) is 4.36. The molecular weight excluding hydrogens is 334 g/mol. The van der Waals surface area contributed by atoms with E-state index in [1.807, 2.05) is 11.3 Å². The van der Waals surface area contributed by atoms with Gasteiger partial charge < -0.3 is 19.7 Å². The van der Waals surface area contributed by atoms with Crippen molar-refractivity contribution in [1.29, 1.82) is 0 Å². The zero-order valence-electron chi connectivity index (χ0n) is 15.4. The molecule has 25 heavy (non-hydrogen) atoms. The van der Waals surface area contributed by atoms with E-state index < -0.39 is 0 Å². The summed E-state index contributed by atoms with van der Waals surface area (Å²) in [7, 11) is 0. The van der Waals surface area contributed by atoms with Crippen LogP contribution in [-0.4, -0.2) is 62.5 Å². The van der Waals surface area contributed by atoms with Crippen molar-refractivity contribution < 1.29 is 9.47 Å². The molecule has 0 bridgehead atoms. The molecular formula is C19H31N3O2S. The van der Waals surface area contributed by atoms with Gasteiger partial charge in [0.2, 0.25) is 0 Å². The zero-order valence-corrected chi connectivity index (χ0v) is 16.3. The number of nitrogens with zero attached hydrogens (tertiary/aromatic N) is 2. The maximum atomic E-state index is 5.97. The van der Waals surface area contributed by atoms with Gasteiger partial charge in [0.25, 0.3) is 0 Å². The summed E-state index contributed by atoms with van der Waals surface area (Å²) < 4.78 is 11.8. The second-order valence-electron chi connectivity index (χ2n) is 6.99. The van der Waals surface area contributed by atoms with Gasteiger partial charge in [-0.25, -0.2) is 0 Å². The van der Waals surface area contributed by atoms with Crippen LogP contribution in [-0.2, 0) is 15.9 Å². The minimum Gasteiger partial charge on any atom is -0.375 e. The Morgan fingerprint density at radius 3 is 3.00 bits per heavy atom. The molecule has 2 aliphatic rings. The predicted molar refractivity (Wildman–Crippen MR) is 103 cm³/mol. The van der Waals surface area contributed by atoms with Gasteiger partial charge in [0.1, 0.15) is 6.10 Å². The molecule has 3 heterocycles. The maximum absolute atomic E-state index is 5.97. The van der Waals surface area contributed by atoms with Crippen molar-refractivity contribution in [3.63, 3.8) is 0 Å². The fraction of sp³-hybridized carbons (Fsp3) is 0.737. The van der Waals surface area contributed by atoms with Gasteiger partial charge in [-0.2, -0.15) is 0 Å². The third kappa shape index (κ3) is 5.43. The first kappa shape index (κ1) is 18.7. The minimum absolute atomic E-state index is 0.170. The maximum Gasteiger partial charge on any atom is 0.194 e. The highest BCUT2D eigenvalue weighted by molar-refractivity contribution is 7.09. The van der Waals surface area contributed by atoms with Gasteiger partial charge >= 0.3 is 0 Å². The Balaban J connectivity index is 1.56. The number of ether oxygens (including phenoxy) is 2. The molecule has 0 aliphatic carbocycles. The van der Waals surface area contributed by atoms with Gasteiger partial charge in [0, 0.05) is 37.7 Å². The molecule has 3 rings (SSSR count). The number of nitrogens with one attached hydrogen (secondary N) is 1. The first-order valence-corrected chi connectivity index (χ1v) is 10.4. The van der Waals surface area contributed by atoms with Crippen LogP contribution in [0.15, 0.2) is 22.5 Å². The summed E-state index contributed by atoms with van der Waals surface area (Å²) in [6.45, 7) is 9.54. The molecule has 1 aromatic rings. The molecule has 3 atom stereocenters. The van der Waals surface area contributed by atoms with E-state index in [9.17, 15) is 0 Å². The average molecular weight is 366 g/mol. The van der Waals surface area contributed by atoms with E-state index in [0.29, 0.717) is 5.92 Å². The third-order valence-corrected chi connectivity index (χ3v) is 5.69. The van der Waals surface area contributed by atoms with Crippen LogP contribution in [0.2, 0.25) is 0 Å². The van der Waals surface area contributed by atoms with E-state index in [4.69, 9.17) is 14.5 Å². The molecule has 0 spiro atoms. The van der Waals surface area contributed by atoms with Crippen molar-refractivity contribution in [1.82, 2.24) is 10.2 Å². The van der Waals surface area contributed by atoms with Gasteiger partial charge in [0.05, 0.1) is 12.7 Å². The van der Waals surface area contributed by atoms with Crippen LogP contribution in [0.3, 0.4) is 0 Å². The number of morpholine rings is 1. The topological polar surface area (TPSA) is 46.1 Å². The van der Waals surface area contributed by atoms with E-state index in [1.165, 1.54) is 4.88 Å². The lowest BCUT2D eigenvalue weighted by molar-refractivity contribution is -0.0817. The molecule has 1 N–H and O–H groups in total. The summed E-state index contributed by atoms with van der Waals surface area (Å²) in [5.74, 6) is 1.56. The summed E-state index contributed by atoms with van der Waals surface area (Å²) in [6, 6.07) is 4.34. The van der Waals surface area contributed by atoms with Gasteiger partial charge in [-0.3, -0.25) is 4.99 Å². The number of hydrogen-bond acceptors (Lipinski definition) is 4. The van der Waals surface area contributed by atoms with Gasteiger partial charge in [-0.05, 0) is 43.6 Å². The van der Waals surface area contributed by atoms with Crippen molar-refractivity contribution in [2.45, 2.75) is 45.3 Å². The molecule has 2 saturated heterocycles. The number of thiophene rings is 1. The van der Waals surface area contributed by atoms with E-state index in [2.05, 4.69) is 41.6 Å². The highest BCUT2D eigenvalue weighted by Crippen LogP contribution is 2.21. The van der Waals surface area contributed by atoms with Crippen LogP contribution >= 0.6 is 11.3 Å². The van der Waals surface area contributed by atoms with Crippen molar-refractivity contribution >= 4 is 17.3 Å². The first-order chi connectivity index (χ1) is 12.3. The quantitative estimate of drug-likeness (QED) is 0.622. The SMILES string of the molecule is CCNC(=NCC(C)Cc1cccs1)N1CCOC(C2CCCO2)C1. The van der Waals surface area contributed by atoms with Crippen LogP contribution in [0.25, 0.3) is 0 Å². The first-order valence-electron chi connectivity index (χ1n) is 9.55. The number of rotatable bonds is 6. The van der Waals surface area contributed by atoms with Crippen molar-refractivity contribution in [3.05, 3.63) is 22.4 Å². The molecule has 140 valence electrons. The Hall–Kier alpha value is -1.11. The summed E-state index contributed by atoms with van der Waals surface area (Å²) in [4.78, 5) is 8.70. The Morgan fingerprint density at radius 2 is 2.28 bits per heavy atom. The lowest BCUT2D eigenvalue weighted by Gasteiger charge is -2.37. The number of guanidine groups is 1. The third-order valence-electron chi connectivity index (χ3n) is 4.79. The number of aliphatic imine (C=N–C) groups is 1. The Kier molecular flexibility index (Phi) is 7.13. The van der Waals surface area contributed by atoms with Crippen LogP contribution in [0.1, 0.15) is 31.6 Å². The smallest absolute Gasteiger partial charge is 0.194 e. The second kappa shape index (κ2) is 9.55. The lowest BCUT2D eigenvalue weighted by atomic mass is 10.1. The highest BCUT2D eigenvalue weighted by Gasteiger charge is 2.32. The van der Waals surface area contributed by atoms with Crippen molar-refractivity contribution in [2.75, 3.05) is 39.4 Å². The lowest BCUT2D eigenvalue weighted by Crippen LogP contribution is -2.53. The molecule has 1 aromatic heterocycles. The second-order valence-corrected chi connectivity index (χ2v) is 8.02. The standard InChI is InChI=1S/C19H31N3O2S/c1-3-20-19(21-13-15(2)12-16-6-5-11-25-16)22-8-10-24-18(14-22)17-7-4-9-23-17/h5-6,11,15,17-18H,3-4,7-10,12-14H2,1-2H3,(H,20,21). The Morgan fingerprint density at radius 1 is 1.40 bits per heavy atom. The monoisotopic (exact) mass is 365 g/mol. The average Bonchev–Trinajstić information content (AvgIpc) is 3.32. The normalized spacial score (nSPS) is 26.0. The molecule has 5 nitrogen and oxygen atoms in total. The largest absolute Gasteiger partial charge is 0.375 e. The molecule has 0 radical (unpaired) electrons. The number of hydrogen-bond donors (Lipinski definition) is 1. The Labute approximate surface area is 155 Å². The Bertz CT molecular complexity index is 529. The molecule has 3 unspecified atom stereocenters. The summed E-state index contributed by atoms with van der Waals surface area (Å²) in [5.41, 5.74) is 0. The fourth-order valence-electron chi connectivity index (χ4n) is 3.49. The molecule has 0 amide bonds. The summed E-state index contributed by atoms with van der Waals surface area (Å²) >= 11 is 1.83. The van der Waals surface area contributed by atoms with E-state index in [0.717, 1.165) is 64.6 Å². The molecule has 2 fully saturated rings. The summed E-state index contributed by atoms with van der Waals surface area (Å²) in [5, 5.41) is 5.61. The molecule has 0 aromatic carbocycles. The van der Waals surface area contributed by atoms with Crippen LogP contribution in [0.5, 0.6) is 0 Å². The zero-order chi connectivity index (χ0) is 17.5. The molecule has 2 aliphatic heterocycles. The minimum atomic E-state index is 0.170. The van der Waals surface area contributed by atoms with Gasteiger partial charge in [0.15, 0.2) is 5.96 Å². The van der Waals surface area contributed by atoms with Gasteiger partial charge in [-0.15, -0.1) is 11.3 Å². The highest BCUT2D eigenvalue weighted by atomic mass is 32.1. The molecule has 6 heteroatoms. The van der Waals surface area contributed by atoms with Crippen LogP contribution < -0.4 is 5.32 Å². The van der Waals surface area contributed by atoms with E-state index >= 15 is 0 Å². The van der Waals surface area contributed by atoms with Gasteiger partial charge in [-0.1, -0.05) is 13.0 Å². The predicted octanol–water partition coefficient (Wildman–Crippen LogP) is 2.77. The van der Waals surface area contributed by atoms with Crippen molar-refractivity contribution in [3.8, 4) is 0 Å². The van der Waals surface area contributed by atoms with Crippen molar-refractivity contribution in [2.24, 2.45) is 10.9 Å². The van der Waals surface area contributed by atoms with E-state index in [-0.39, 0.29) is 12.2 Å². The van der Waals surface area contributed by atoms with Crippen LogP contribution in [0.4, 0.5) is 0 Å². The summed E-state index contributed by atoms with van der Waals surface area (Å²) in [6.07, 6.45) is 3.79. The van der Waals surface area contributed by atoms with E-state index in [1.54, 1.807) is 0 Å².